The van der Waals surface area contributed by atoms with Crippen LogP contribution in [0.15, 0.2) is 30.3 Å². The van der Waals surface area contributed by atoms with E-state index in [1.165, 1.54) is 36.8 Å². The normalized spacial score (nSPS) is 20.6. The second-order valence-electron chi connectivity index (χ2n) is 7.47. The molecule has 1 saturated carbocycles. The number of aryl methyl sites for hydroxylation is 1. The predicted molar refractivity (Wildman–Crippen MR) is 103 cm³/mol. The van der Waals surface area contributed by atoms with Gasteiger partial charge in [-0.25, -0.2) is 4.98 Å². The summed E-state index contributed by atoms with van der Waals surface area (Å²) in [6.45, 7) is 5.40. The SMILES string of the molecule is CCc1cc(N2Cc3ccccc3C[C@H]2C)nc(NC2CCCC2)n1. The van der Waals surface area contributed by atoms with Crippen LogP contribution in [0.2, 0.25) is 0 Å². The Morgan fingerprint density at radius 2 is 1.88 bits per heavy atom. The first-order valence-electron chi connectivity index (χ1n) is 9.71. The van der Waals surface area contributed by atoms with Gasteiger partial charge >= 0.3 is 0 Å². The van der Waals surface area contributed by atoms with Gasteiger partial charge in [0, 0.05) is 30.4 Å². The van der Waals surface area contributed by atoms with Crippen molar-refractivity contribution in [2.24, 2.45) is 0 Å². The number of fused-ring (bicyclic) bond motifs is 1. The van der Waals surface area contributed by atoms with Crippen LogP contribution in [-0.4, -0.2) is 22.1 Å². The Morgan fingerprint density at radius 3 is 2.64 bits per heavy atom. The van der Waals surface area contributed by atoms with Gasteiger partial charge in [-0.2, -0.15) is 4.98 Å². The van der Waals surface area contributed by atoms with Crippen molar-refractivity contribution in [3.63, 3.8) is 0 Å². The molecular formula is C21H28N4. The van der Waals surface area contributed by atoms with Gasteiger partial charge < -0.3 is 10.2 Å². The summed E-state index contributed by atoms with van der Waals surface area (Å²) in [4.78, 5) is 12.1. The van der Waals surface area contributed by atoms with Crippen molar-refractivity contribution in [3.05, 3.63) is 47.2 Å². The number of benzene rings is 1. The summed E-state index contributed by atoms with van der Waals surface area (Å²) in [5, 5.41) is 3.58. The lowest BCUT2D eigenvalue weighted by Crippen LogP contribution is -2.39. The monoisotopic (exact) mass is 336 g/mol. The number of hydrogen-bond donors (Lipinski definition) is 1. The van der Waals surface area contributed by atoms with E-state index in [0.717, 1.165) is 36.8 Å². The van der Waals surface area contributed by atoms with Crippen LogP contribution in [0.1, 0.15) is 56.4 Å². The number of hydrogen-bond acceptors (Lipinski definition) is 4. The number of nitrogens with one attached hydrogen (secondary N) is 1. The standard InChI is InChI=1S/C21H28N4/c1-3-18-13-20(24-21(22-18)23-19-10-6-7-11-19)25-14-17-9-5-4-8-16(17)12-15(25)2/h4-5,8-9,13,15,19H,3,6-7,10-12,14H2,1-2H3,(H,22,23,24)/t15-/m1/s1. The van der Waals surface area contributed by atoms with Crippen LogP contribution in [-0.2, 0) is 19.4 Å². The minimum absolute atomic E-state index is 0.453. The maximum Gasteiger partial charge on any atom is 0.225 e. The Labute approximate surface area is 150 Å². The quantitative estimate of drug-likeness (QED) is 0.901. The average Bonchev–Trinajstić information content (AvgIpc) is 3.13. The van der Waals surface area contributed by atoms with Crippen LogP contribution >= 0.6 is 0 Å². The molecule has 0 radical (unpaired) electrons. The van der Waals surface area contributed by atoms with E-state index in [1.807, 2.05) is 0 Å². The number of aromatic nitrogens is 2. The van der Waals surface area contributed by atoms with E-state index in [-0.39, 0.29) is 0 Å². The molecule has 0 bridgehead atoms. The molecule has 2 aliphatic rings. The first-order chi connectivity index (χ1) is 12.2. The second-order valence-corrected chi connectivity index (χ2v) is 7.47. The summed E-state index contributed by atoms with van der Waals surface area (Å²) in [6, 6.07) is 11.9. The molecule has 0 saturated heterocycles. The Kier molecular flexibility index (Phi) is 4.60. The Morgan fingerprint density at radius 1 is 1.12 bits per heavy atom. The molecule has 1 aromatic carbocycles. The van der Waals surface area contributed by atoms with Gasteiger partial charge in [-0.3, -0.25) is 0 Å². The fourth-order valence-corrected chi connectivity index (χ4v) is 4.11. The average molecular weight is 336 g/mol. The van der Waals surface area contributed by atoms with Gasteiger partial charge in [0.2, 0.25) is 5.95 Å². The summed E-state index contributed by atoms with van der Waals surface area (Å²) in [6.07, 6.45) is 7.13. The van der Waals surface area contributed by atoms with Gasteiger partial charge in [-0.1, -0.05) is 44.0 Å². The first-order valence-corrected chi connectivity index (χ1v) is 9.71. The van der Waals surface area contributed by atoms with Crippen LogP contribution in [0, 0.1) is 0 Å². The van der Waals surface area contributed by atoms with Crippen molar-refractivity contribution in [2.75, 3.05) is 10.2 Å². The first kappa shape index (κ1) is 16.4. The van der Waals surface area contributed by atoms with Gasteiger partial charge in [-0.15, -0.1) is 0 Å². The zero-order valence-corrected chi connectivity index (χ0v) is 15.3. The van der Waals surface area contributed by atoms with Crippen molar-refractivity contribution in [2.45, 2.75) is 71.0 Å². The highest BCUT2D eigenvalue weighted by molar-refractivity contribution is 5.49. The van der Waals surface area contributed by atoms with E-state index in [2.05, 4.69) is 54.4 Å². The van der Waals surface area contributed by atoms with Crippen molar-refractivity contribution in [1.82, 2.24) is 9.97 Å². The van der Waals surface area contributed by atoms with E-state index in [4.69, 9.17) is 9.97 Å². The highest BCUT2D eigenvalue weighted by Crippen LogP contribution is 2.29. The van der Waals surface area contributed by atoms with Crippen LogP contribution in [0.5, 0.6) is 0 Å². The zero-order valence-electron chi connectivity index (χ0n) is 15.3. The van der Waals surface area contributed by atoms with E-state index < -0.39 is 0 Å². The smallest absolute Gasteiger partial charge is 0.225 e. The fraction of sp³-hybridized carbons (Fsp3) is 0.524. The summed E-state index contributed by atoms with van der Waals surface area (Å²) >= 11 is 0. The summed E-state index contributed by atoms with van der Waals surface area (Å²) in [7, 11) is 0. The molecule has 4 heteroatoms. The van der Waals surface area contributed by atoms with Gasteiger partial charge in [0.05, 0.1) is 0 Å². The minimum atomic E-state index is 0.453. The molecule has 0 unspecified atom stereocenters. The molecule has 1 aliphatic heterocycles. The Balaban J connectivity index is 1.62. The highest BCUT2D eigenvalue weighted by Gasteiger charge is 2.25. The molecule has 25 heavy (non-hydrogen) atoms. The van der Waals surface area contributed by atoms with Gasteiger partial charge in [0.15, 0.2) is 0 Å². The lowest BCUT2D eigenvalue weighted by atomic mass is 9.95. The van der Waals surface area contributed by atoms with Crippen LogP contribution in [0.4, 0.5) is 11.8 Å². The molecular weight excluding hydrogens is 308 g/mol. The maximum absolute atomic E-state index is 4.90. The molecule has 132 valence electrons. The molecule has 2 heterocycles. The fourth-order valence-electron chi connectivity index (χ4n) is 4.11. The van der Waals surface area contributed by atoms with Crippen molar-refractivity contribution in [3.8, 4) is 0 Å². The maximum atomic E-state index is 4.90. The third kappa shape index (κ3) is 3.48. The molecule has 4 rings (SSSR count). The number of nitrogens with zero attached hydrogens (tertiary/aromatic N) is 3. The van der Waals surface area contributed by atoms with Crippen LogP contribution in [0.3, 0.4) is 0 Å². The number of anilines is 2. The molecule has 0 spiro atoms. The van der Waals surface area contributed by atoms with Crippen LogP contribution < -0.4 is 10.2 Å². The predicted octanol–water partition coefficient (Wildman–Crippen LogP) is 4.34. The van der Waals surface area contributed by atoms with Gasteiger partial charge in [0.25, 0.3) is 0 Å². The lowest BCUT2D eigenvalue weighted by Gasteiger charge is -2.36. The second kappa shape index (κ2) is 7.03. The molecule has 0 amide bonds. The minimum Gasteiger partial charge on any atom is -0.351 e. The Bertz CT molecular complexity index is 736. The molecule has 1 N–H and O–H groups in total. The zero-order chi connectivity index (χ0) is 17.2. The third-order valence-electron chi connectivity index (χ3n) is 5.62. The van der Waals surface area contributed by atoms with Crippen molar-refractivity contribution >= 4 is 11.8 Å². The van der Waals surface area contributed by atoms with Crippen LogP contribution in [0.25, 0.3) is 0 Å². The molecule has 2 aromatic rings. The molecule has 1 aliphatic carbocycles. The Hall–Kier alpha value is -2.10. The summed E-state index contributed by atoms with van der Waals surface area (Å²) < 4.78 is 0. The molecule has 4 nitrogen and oxygen atoms in total. The van der Waals surface area contributed by atoms with E-state index >= 15 is 0 Å². The topological polar surface area (TPSA) is 41.1 Å². The van der Waals surface area contributed by atoms with E-state index in [1.54, 1.807) is 0 Å². The van der Waals surface area contributed by atoms with Crippen molar-refractivity contribution < 1.29 is 0 Å². The largest absolute Gasteiger partial charge is 0.351 e. The molecule has 1 fully saturated rings. The van der Waals surface area contributed by atoms with Crippen molar-refractivity contribution in [1.29, 1.82) is 0 Å². The molecule has 1 atom stereocenters. The third-order valence-corrected chi connectivity index (χ3v) is 5.62. The summed E-state index contributed by atoms with van der Waals surface area (Å²) in [5.41, 5.74) is 4.01. The number of rotatable bonds is 4. The highest BCUT2D eigenvalue weighted by atomic mass is 15.3. The van der Waals surface area contributed by atoms with Gasteiger partial charge in [0.1, 0.15) is 5.82 Å². The van der Waals surface area contributed by atoms with E-state index in [0.29, 0.717) is 12.1 Å². The molecule has 1 aromatic heterocycles. The lowest BCUT2D eigenvalue weighted by molar-refractivity contribution is 0.585. The van der Waals surface area contributed by atoms with E-state index in [9.17, 15) is 0 Å². The summed E-state index contributed by atoms with van der Waals surface area (Å²) in [5.74, 6) is 1.88. The van der Waals surface area contributed by atoms with Gasteiger partial charge in [-0.05, 0) is 43.7 Å².